The van der Waals surface area contributed by atoms with Crippen molar-refractivity contribution >= 4 is 17.9 Å². The van der Waals surface area contributed by atoms with E-state index in [1.807, 2.05) is 0 Å². The number of hydrogen-bond acceptors (Lipinski definition) is 5. The fourth-order valence-corrected chi connectivity index (χ4v) is 2.21. The summed E-state index contributed by atoms with van der Waals surface area (Å²) in [6.07, 6.45) is 1.41. The summed E-state index contributed by atoms with van der Waals surface area (Å²) in [5.74, 6) is -0.754. The predicted octanol–water partition coefficient (Wildman–Crippen LogP) is 4.23. The molecule has 0 spiro atoms. The lowest BCUT2D eigenvalue weighted by Crippen LogP contribution is -2.06. The van der Waals surface area contributed by atoms with E-state index in [0.29, 0.717) is 11.1 Å². The molecule has 1 aliphatic rings. The number of ether oxygens (including phenoxy) is 3. The van der Waals surface area contributed by atoms with Crippen LogP contribution in [0.15, 0.2) is 59.2 Å². The molecule has 0 aliphatic carbocycles. The Morgan fingerprint density at radius 2 is 1.37 bits per heavy atom. The maximum absolute atomic E-state index is 12.2. The Balaban J connectivity index is 1.76. The van der Waals surface area contributed by atoms with Crippen LogP contribution >= 0.6 is 0 Å². The fraction of sp³-hybridized carbons (Fsp3) is 0.111. The molecule has 0 fully saturated rings. The third-order valence-electron chi connectivity index (χ3n) is 3.36. The summed E-state index contributed by atoms with van der Waals surface area (Å²) in [5.41, 5.74) is 0.920. The van der Waals surface area contributed by atoms with Gasteiger partial charge in [0.1, 0.15) is 11.5 Å². The van der Waals surface area contributed by atoms with Crippen LogP contribution in [0.1, 0.15) is 11.1 Å². The van der Waals surface area contributed by atoms with Gasteiger partial charge >= 0.3 is 19.2 Å². The largest absolute Gasteiger partial charge is 0.435 e. The van der Waals surface area contributed by atoms with Crippen molar-refractivity contribution < 1.29 is 36.6 Å². The lowest BCUT2D eigenvalue weighted by Gasteiger charge is -2.04. The summed E-state index contributed by atoms with van der Waals surface area (Å²) < 4.78 is 62.1. The molecule has 0 unspecified atom stereocenters. The SMILES string of the molecule is O=C1OC(c2ccc(OC(F)F)cc2)=N/C1=C\c1ccc(OC(F)F)cc1. The second kappa shape index (κ2) is 7.90. The van der Waals surface area contributed by atoms with Gasteiger partial charge in [0.2, 0.25) is 5.90 Å². The Kier molecular flexibility index (Phi) is 5.39. The van der Waals surface area contributed by atoms with Crippen LogP contribution in [-0.4, -0.2) is 25.1 Å². The van der Waals surface area contributed by atoms with E-state index in [-0.39, 0.29) is 23.1 Å². The molecule has 9 heteroatoms. The molecule has 140 valence electrons. The smallest absolute Gasteiger partial charge is 0.387 e. The number of carbonyl (C=O) groups excluding carboxylic acids is 1. The standard InChI is InChI=1S/C18H11F4NO4/c19-17(20)25-12-5-1-10(2-6-12)9-14-16(24)27-15(23-14)11-3-7-13(8-4-11)26-18(21)22/h1-9,17-18H/b14-9-. The van der Waals surface area contributed by atoms with Gasteiger partial charge in [-0.15, -0.1) is 0 Å². The third-order valence-corrected chi connectivity index (χ3v) is 3.36. The van der Waals surface area contributed by atoms with Crippen molar-refractivity contribution in [2.24, 2.45) is 4.99 Å². The van der Waals surface area contributed by atoms with Gasteiger partial charge < -0.3 is 14.2 Å². The van der Waals surface area contributed by atoms with Crippen molar-refractivity contribution in [1.82, 2.24) is 0 Å². The number of halogens is 4. The Morgan fingerprint density at radius 3 is 1.89 bits per heavy atom. The van der Waals surface area contributed by atoms with Crippen LogP contribution in [0.25, 0.3) is 6.08 Å². The number of cyclic esters (lactones) is 1. The number of aliphatic imine (C=N–C) groups is 1. The highest BCUT2D eigenvalue weighted by atomic mass is 19.3. The highest BCUT2D eigenvalue weighted by Crippen LogP contribution is 2.22. The van der Waals surface area contributed by atoms with E-state index in [0.717, 1.165) is 0 Å². The molecule has 2 aromatic rings. The molecule has 1 heterocycles. The van der Waals surface area contributed by atoms with Gasteiger partial charge in [-0.1, -0.05) is 12.1 Å². The molecule has 0 N–H and O–H groups in total. The molecule has 0 radical (unpaired) electrons. The molecule has 2 aromatic carbocycles. The Hall–Kier alpha value is -3.36. The zero-order valence-electron chi connectivity index (χ0n) is 13.4. The van der Waals surface area contributed by atoms with Crippen LogP contribution in [0.5, 0.6) is 11.5 Å². The van der Waals surface area contributed by atoms with Crippen molar-refractivity contribution in [2.45, 2.75) is 13.2 Å². The lowest BCUT2D eigenvalue weighted by molar-refractivity contribution is -0.129. The summed E-state index contributed by atoms with van der Waals surface area (Å²) in [7, 11) is 0. The Labute approximate surface area is 150 Å². The zero-order valence-corrected chi connectivity index (χ0v) is 13.4. The molecule has 5 nitrogen and oxygen atoms in total. The molecule has 0 saturated carbocycles. The molecular weight excluding hydrogens is 370 g/mol. The van der Waals surface area contributed by atoms with Gasteiger partial charge in [-0.05, 0) is 48.0 Å². The quantitative estimate of drug-likeness (QED) is 0.427. The summed E-state index contributed by atoms with van der Waals surface area (Å²) >= 11 is 0. The molecule has 0 bridgehead atoms. The van der Waals surface area contributed by atoms with Gasteiger partial charge in [-0.25, -0.2) is 9.79 Å². The van der Waals surface area contributed by atoms with Crippen LogP contribution in [0.3, 0.4) is 0 Å². The third kappa shape index (κ3) is 4.84. The Bertz CT molecular complexity index is 877. The van der Waals surface area contributed by atoms with Gasteiger partial charge in [-0.3, -0.25) is 0 Å². The molecular formula is C18H11F4NO4. The van der Waals surface area contributed by atoms with E-state index >= 15 is 0 Å². The van der Waals surface area contributed by atoms with Gasteiger partial charge in [-0.2, -0.15) is 17.6 Å². The summed E-state index contributed by atoms with van der Waals surface area (Å²) in [6.45, 7) is -5.87. The first kappa shape index (κ1) is 18.4. The second-order valence-electron chi connectivity index (χ2n) is 5.19. The first-order valence-electron chi connectivity index (χ1n) is 7.53. The molecule has 0 aromatic heterocycles. The number of rotatable bonds is 6. The highest BCUT2D eigenvalue weighted by Gasteiger charge is 2.24. The van der Waals surface area contributed by atoms with Crippen molar-refractivity contribution in [2.75, 3.05) is 0 Å². The monoisotopic (exact) mass is 381 g/mol. The van der Waals surface area contributed by atoms with Gasteiger partial charge in [0, 0.05) is 5.56 Å². The lowest BCUT2D eigenvalue weighted by atomic mass is 10.2. The molecule has 1 aliphatic heterocycles. The van der Waals surface area contributed by atoms with Crippen LogP contribution in [0.2, 0.25) is 0 Å². The average Bonchev–Trinajstić information content (AvgIpc) is 2.97. The van der Waals surface area contributed by atoms with E-state index < -0.39 is 19.2 Å². The predicted molar refractivity (Wildman–Crippen MR) is 86.8 cm³/mol. The molecule has 27 heavy (non-hydrogen) atoms. The van der Waals surface area contributed by atoms with Crippen molar-refractivity contribution in [3.05, 3.63) is 65.4 Å². The second-order valence-corrected chi connectivity index (χ2v) is 5.19. The van der Waals surface area contributed by atoms with Crippen molar-refractivity contribution in [3.8, 4) is 11.5 Å². The topological polar surface area (TPSA) is 57.1 Å². The van der Waals surface area contributed by atoms with Gasteiger partial charge in [0.25, 0.3) is 0 Å². The first-order valence-corrected chi connectivity index (χ1v) is 7.53. The summed E-state index contributed by atoms with van der Waals surface area (Å²) in [4.78, 5) is 16.0. The normalized spacial score (nSPS) is 15.3. The van der Waals surface area contributed by atoms with Crippen LogP contribution < -0.4 is 9.47 Å². The van der Waals surface area contributed by atoms with Crippen LogP contribution in [0, 0.1) is 0 Å². The number of hydrogen-bond donors (Lipinski definition) is 0. The molecule has 3 rings (SSSR count). The zero-order chi connectivity index (χ0) is 19.4. The van der Waals surface area contributed by atoms with E-state index in [2.05, 4.69) is 14.5 Å². The number of carbonyl (C=O) groups is 1. The maximum Gasteiger partial charge on any atom is 0.387 e. The highest BCUT2D eigenvalue weighted by molar-refractivity contribution is 6.12. The van der Waals surface area contributed by atoms with Gasteiger partial charge in [0.05, 0.1) is 0 Å². The van der Waals surface area contributed by atoms with Crippen molar-refractivity contribution in [3.63, 3.8) is 0 Å². The molecule has 0 saturated heterocycles. The van der Waals surface area contributed by atoms with E-state index in [4.69, 9.17) is 4.74 Å². The van der Waals surface area contributed by atoms with Crippen LogP contribution in [0.4, 0.5) is 17.6 Å². The van der Waals surface area contributed by atoms with Gasteiger partial charge in [0.15, 0.2) is 5.70 Å². The minimum atomic E-state index is -2.94. The van der Waals surface area contributed by atoms with Crippen molar-refractivity contribution in [1.29, 1.82) is 0 Å². The fourth-order valence-electron chi connectivity index (χ4n) is 2.21. The summed E-state index contributed by atoms with van der Waals surface area (Å²) in [6, 6.07) is 11.0. The average molecular weight is 381 g/mol. The first-order chi connectivity index (χ1) is 12.9. The van der Waals surface area contributed by atoms with E-state index in [1.165, 1.54) is 54.6 Å². The number of benzene rings is 2. The maximum atomic E-state index is 12.2. The molecule has 0 amide bonds. The summed E-state index contributed by atoms with van der Waals surface area (Å²) in [5, 5.41) is 0. The number of nitrogens with zero attached hydrogens (tertiary/aromatic N) is 1. The Morgan fingerprint density at radius 1 is 0.852 bits per heavy atom. The number of alkyl halides is 4. The van der Waals surface area contributed by atoms with E-state index in [9.17, 15) is 22.4 Å². The van der Waals surface area contributed by atoms with E-state index in [1.54, 1.807) is 0 Å². The van der Waals surface area contributed by atoms with Crippen LogP contribution in [-0.2, 0) is 9.53 Å². The molecule has 0 atom stereocenters. The number of esters is 1. The minimum Gasteiger partial charge on any atom is -0.435 e. The minimum absolute atomic E-state index is 0.000403.